The highest BCUT2D eigenvalue weighted by Gasteiger charge is 2.44. The first-order chi connectivity index (χ1) is 18.2. The van der Waals surface area contributed by atoms with E-state index in [9.17, 15) is 4.79 Å². The average Bonchev–Trinajstić information content (AvgIpc) is 3.56. The fourth-order valence-electron chi connectivity index (χ4n) is 5.98. The number of hydrogen-bond acceptors (Lipinski definition) is 6. The highest BCUT2D eigenvalue weighted by molar-refractivity contribution is 5.99. The molecular weight excluding hydrogens is 474 g/mol. The summed E-state index contributed by atoms with van der Waals surface area (Å²) in [5.41, 5.74) is 8.30. The number of nitrogen functional groups attached to an aromatic ring is 1. The van der Waals surface area contributed by atoms with Crippen LogP contribution < -0.4 is 11.1 Å². The summed E-state index contributed by atoms with van der Waals surface area (Å²) in [5, 5.41) is 3.10. The van der Waals surface area contributed by atoms with E-state index < -0.39 is 0 Å². The lowest BCUT2D eigenvalue weighted by molar-refractivity contribution is 0.0363. The molecule has 6 rings (SSSR count). The maximum Gasteiger partial charge on any atom is 0.255 e. The number of hydrogen-bond donors (Lipinski definition) is 2. The number of ether oxygens (including phenoxy) is 1. The Bertz CT molecular complexity index is 993. The summed E-state index contributed by atoms with van der Waals surface area (Å²) in [7, 11) is 0. The molecule has 2 saturated carbocycles. The van der Waals surface area contributed by atoms with E-state index in [1.165, 1.54) is 58.3 Å². The van der Waals surface area contributed by atoms with Gasteiger partial charge in [0.2, 0.25) is 0 Å². The van der Waals surface area contributed by atoms with Gasteiger partial charge in [-0.25, -0.2) is 4.98 Å². The third-order valence-electron chi connectivity index (χ3n) is 8.32. The van der Waals surface area contributed by atoms with Crippen LogP contribution in [0.1, 0.15) is 62.7 Å². The Kier molecular flexibility index (Phi) is 10.6. The molecule has 2 aliphatic carbocycles. The van der Waals surface area contributed by atoms with Crippen molar-refractivity contribution in [2.75, 3.05) is 58.2 Å². The zero-order valence-electron chi connectivity index (χ0n) is 22.1. The predicted octanol–water partition coefficient (Wildman–Crippen LogP) is 4.69. The van der Waals surface area contributed by atoms with Crippen molar-refractivity contribution < 1.29 is 9.53 Å². The van der Waals surface area contributed by atoms with Crippen molar-refractivity contribution in [3.8, 4) is 11.1 Å². The van der Waals surface area contributed by atoms with Crippen LogP contribution in [0.25, 0.3) is 11.1 Å². The fraction of sp³-hybridized carbons (Fsp3) is 0.613. The van der Waals surface area contributed by atoms with Crippen LogP contribution in [0.2, 0.25) is 0 Å². The van der Waals surface area contributed by atoms with Gasteiger partial charge in [0.1, 0.15) is 5.82 Å². The zero-order valence-corrected chi connectivity index (χ0v) is 22.1. The number of carbonyl (C=O) groups is 1. The van der Waals surface area contributed by atoms with Crippen molar-refractivity contribution in [2.24, 2.45) is 11.8 Å². The zero-order chi connectivity index (χ0) is 25.5. The Labute approximate surface area is 229 Å². The van der Waals surface area contributed by atoms with Crippen LogP contribution in [0.4, 0.5) is 5.82 Å². The molecule has 0 radical (unpaired) electrons. The topological polar surface area (TPSA) is 83.7 Å². The molecule has 2 aromatic rings. The van der Waals surface area contributed by atoms with Crippen molar-refractivity contribution in [1.29, 1.82) is 0 Å². The van der Waals surface area contributed by atoms with Gasteiger partial charge in [-0.05, 0) is 62.2 Å². The minimum Gasteiger partial charge on any atom is -0.383 e. The monoisotopic (exact) mass is 521 g/mol. The first-order valence-corrected chi connectivity index (χ1v) is 14.3. The minimum atomic E-state index is -0.116. The van der Waals surface area contributed by atoms with E-state index in [0.29, 0.717) is 5.56 Å². The van der Waals surface area contributed by atoms with Crippen molar-refractivity contribution in [1.82, 2.24) is 20.1 Å². The molecule has 2 atom stereocenters. The van der Waals surface area contributed by atoms with E-state index >= 15 is 0 Å². The second kappa shape index (κ2) is 14.1. The van der Waals surface area contributed by atoms with E-state index in [-0.39, 0.29) is 25.2 Å². The standard InChI is InChI=1S/C18H21N3O.C12H22N2O.CH4/c19-17-16(18(22)21-15-9-5-2-6-10-15)11-14(12-20-17)13-7-3-1-4-8-13;1(2-13-4-6-15-7-5-13)3-14-9-11-8-12(11)10-14;/h1,3-4,7-8,11-12,15H,2,5-6,9-10H2,(H2,19,20)(H,21,22);11-12H,1-10H2;1H4. The van der Waals surface area contributed by atoms with Crippen LogP contribution in [0.15, 0.2) is 42.6 Å². The number of morpholine rings is 1. The molecule has 7 nitrogen and oxygen atoms in total. The number of rotatable bonds is 7. The highest BCUT2D eigenvalue weighted by atomic mass is 16.5. The summed E-state index contributed by atoms with van der Waals surface area (Å²) in [5.74, 6) is 2.35. The van der Waals surface area contributed by atoms with Gasteiger partial charge < -0.3 is 20.7 Å². The number of nitrogens with zero attached hydrogens (tertiary/aromatic N) is 3. The Hall–Kier alpha value is -2.48. The number of aromatic nitrogens is 1. The van der Waals surface area contributed by atoms with Gasteiger partial charge >= 0.3 is 0 Å². The smallest absolute Gasteiger partial charge is 0.255 e. The number of pyridine rings is 1. The third-order valence-corrected chi connectivity index (χ3v) is 8.32. The Morgan fingerprint density at radius 3 is 2.37 bits per heavy atom. The molecule has 4 fully saturated rings. The molecule has 3 N–H and O–H groups in total. The van der Waals surface area contributed by atoms with Crippen LogP contribution in [0.5, 0.6) is 0 Å². The largest absolute Gasteiger partial charge is 0.383 e. The summed E-state index contributed by atoms with van der Waals surface area (Å²) in [6.07, 6.45) is 10.3. The molecule has 0 spiro atoms. The maximum atomic E-state index is 12.5. The van der Waals surface area contributed by atoms with Gasteiger partial charge in [-0.15, -0.1) is 0 Å². The number of amides is 1. The van der Waals surface area contributed by atoms with Crippen molar-refractivity contribution in [2.45, 2.75) is 58.4 Å². The lowest BCUT2D eigenvalue weighted by Crippen LogP contribution is -2.38. The number of piperidine rings is 1. The molecule has 3 heterocycles. The first kappa shape index (κ1) is 28.5. The molecule has 38 heavy (non-hydrogen) atoms. The summed E-state index contributed by atoms with van der Waals surface area (Å²) in [6.45, 7) is 9.55. The number of nitrogens with two attached hydrogens (primary N) is 1. The van der Waals surface area contributed by atoms with Gasteiger partial charge in [0, 0.05) is 44.0 Å². The Morgan fingerprint density at radius 1 is 0.974 bits per heavy atom. The summed E-state index contributed by atoms with van der Waals surface area (Å²) < 4.78 is 5.35. The van der Waals surface area contributed by atoms with Gasteiger partial charge in [-0.2, -0.15) is 0 Å². The molecular formula is C31H47N5O2. The van der Waals surface area contributed by atoms with Gasteiger partial charge in [-0.3, -0.25) is 9.69 Å². The van der Waals surface area contributed by atoms with Gasteiger partial charge in [-0.1, -0.05) is 57.0 Å². The number of likely N-dealkylation sites (tertiary alicyclic amines) is 1. The van der Waals surface area contributed by atoms with Gasteiger partial charge in [0.15, 0.2) is 0 Å². The molecule has 4 aliphatic rings. The fourth-order valence-corrected chi connectivity index (χ4v) is 5.98. The van der Waals surface area contributed by atoms with Crippen molar-refractivity contribution in [3.63, 3.8) is 0 Å². The van der Waals surface area contributed by atoms with E-state index in [0.717, 1.165) is 62.1 Å². The van der Waals surface area contributed by atoms with Crippen LogP contribution in [0.3, 0.4) is 0 Å². The number of anilines is 1. The predicted molar refractivity (Wildman–Crippen MR) is 155 cm³/mol. The van der Waals surface area contributed by atoms with E-state index in [4.69, 9.17) is 10.5 Å². The Morgan fingerprint density at radius 2 is 1.66 bits per heavy atom. The third kappa shape index (κ3) is 8.01. The molecule has 1 aromatic heterocycles. The van der Waals surface area contributed by atoms with Crippen LogP contribution in [-0.4, -0.2) is 79.2 Å². The normalized spacial score (nSPS) is 23.5. The highest BCUT2D eigenvalue weighted by Crippen LogP contribution is 2.44. The summed E-state index contributed by atoms with van der Waals surface area (Å²) in [4.78, 5) is 21.9. The molecule has 1 aromatic carbocycles. The molecule has 1 amide bonds. The molecule has 0 bridgehead atoms. The minimum absolute atomic E-state index is 0. The molecule has 7 heteroatoms. The van der Waals surface area contributed by atoms with Gasteiger partial charge in [0.05, 0.1) is 18.8 Å². The SMILES string of the molecule is C.C(CN1CCOCC1)CN1CC2CC2C1.Nc1ncc(-c2ccccc2)cc1C(=O)NC1CCCCC1. The molecule has 2 aliphatic heterocycles. The van der Waals surface area contributed by atoms with Gasteiger partial charge in [0.25, 0.3) is 5.91 Å². The summed E-state index contributed by atoms with van der Waals surface area (Å²) in [6, 6.07) is 12.0. The van der Waals surface area contributed by atoms with E-state index in [1.54, 1.807) is 6.20 Å². The number of carbonyl (C=O) groups excluding carboxylic acids is 1. The lowest BCUT2D eigenvalue weighted by Gasteiger charge is -2.27. The second-order valence-corrected chi connectivity index (χ2v) is 11.2. The lowest BCUT2D eigenvalue weighted by atomic mass is 9.95. The first-order valence-electron chi connectivity index (χ1n) is 14.3. The van der Waals surface area contributed by atoms with E-state index in [2.05, 4.69) is 20.1 Å². The van der Waals surface area contributed by atoms with Crippen LogP contribution >= 0.6 is 0 Å². The molecule has 2 saturated heterocycles. The number of fused-ring (bicyclic) bond motifs is 1. The van der Waals surface area contributed by atoms with Crippen molar-refractivity contribution in [3.05, 3.63) is 48.2 Å². The second-order valence-electron chi connectivity index (χ2n) is 11.2. The molecule has 2 unspecified atom stereocenters. The molecule has 208 valence electrons. The van der Waals surface area contributed by atoms with Crippen molar-refractivity contribution >= 4 is 11.7 Å². The number of benzene rings is 1. The maximum absolute atomic E-state index is 12.5. The average molecular weight is 522 g/mol. The quantitative estimate of drug-likeness (QED) is 0.550. The Balaban J connectivity index is 0.000000184. The number of nitrogens with one attached hydrogen (secondary N) is 1. The van der Waals surface area contributed by atoms with Crippen LogP contribution in [0, 0.1) is 11.8 Å². The van der Waals surface area contributed by atoms with Crippen LogP contribution in [-0.2, 0) is 4.74 Å². The van der Waals surface area contributed by atoms with E-state index in [1.807, 2.05) is 36.4 Å². The summed E-state index contributed by atoms with van der Waals surface area (Å²) >= 11 is 0.